The van der Waals surface area contributed by atoms with Crippen LogP contribution in [0.15, 0.2) is 22.7 Å². The molecule has 0 spiro atoms. The second-order valence-electron chi connectivity index (χ2n) is 3.31. The van der Waals surface area contributed by atoms with Gasteiger partial charge in [0.1, 0.15) is 12.4 Å². The van der Waals surface area contributed by atoms with Crippen molar-refractivity contribution in [3.63, 3.8) is 0 Å². The molecule has 0 radical (unpaired) electrons. The van der Waals surface area contributed by atoms with Crippen molar-refractivity contribution < 1.29 is 14.4 Å². The average molecular weight is 346 g/mol. The number of phenols is 1. The zero-order valence-electron chi connectivity index (χ0n) is 9.18. The summed E-state index contributed by atoms with van der Waals surface area (Å²) in [4.78, 5) is 4.15. The minimum absolute atomic E-state index is 0.122. The van der Waals surface area contributed by atoms with Crippen LogP contribution in [0.1, 0.15) is 12.7 Å². The average Bonchev–Trinajstić information content (AvgIpc) is 2.78. The molecule has 90 valence electrons. The highest BCUT2D eigenvalue weighted by atomic mass is 127. The normalized spacial score (nSPS) is 10.7. The molecule has 6 heteroatoms. The smallest absolute Gasteiger partial charge is 0.261 e. The van der Waals surface area contributed by atoms with Crippen LogP contribution in [-0.4, -0.2) is 21.9 Å². The van der Waals surface area contributed by atoms with Gasteiger partial charge in [0.15, 0.2) is 5.82 Å². The van der Waals surface area contributed by atoms with Crippen LogP contribution in [0.2, 0.25) is 0 Å². The van der Waals surface area contributed by atoms with E-state index in [9.17, 15) is 5.11 Å². The van der Waals surface area contributed by atoms with Gasteiger partial charge >= 0.3 is 0 Å². The molecule has 1 heterocycles. The van der Waals surface area contributed by atoms with E-state index in [1.165, 1.54) is 0 Å². The lowest BCUT2D eigenvalue weighted by Crippen LogP contribution is -1.93. The molecule has 2 rings (SSSR count). The van der Waals surface area contributed by atoms with E-state index in [0.29, 0.717) is 30.5 Å². The fourth-order valence-corrected chi connectivity index (χ4v) is 1.79. The van der Waals surface area contributed by atoms with Gasteiger partial charge in [-0.25, -0.2) is 0 Å². The summed E-state index contributed by atoms with van der Waals surface area (Å²) in [6, 6.07) is 5.19. The number of aromatic hydroxyl groups is 1. The lowest BCUT2D eigenvalue weighted by Gasteiger charge is -1.99. The van der Waals surface area contributed by atoms with Crippen molar-refractivity contribution in [1.29, 1.82) is 0 Å². The fraction of sp³-hybridized carbons (Fsp3) is 0.273. The monoisotopic (exact) mass is 346 g/mol. The van der Waals surface area contributed by atoms with Crippen LogP contribution in [0.5, 0.6) is 5.75 Å². The summed E-state index contributed by atoms with van der Waals surface area (Å²) in [6.07, 6.45) is 0. The van der Waals surface area contributed by atoms with Gasteiger partial charge in [0.2, 0.25) is 0 Å². The van der Waals surface area contributed by atoms with Crippen molar-refractivity contribution in [1.82, 2.24) is 10.1 Å². The molecule has 0 bridgehead atoms. The molecular weight excluding hydrogens is 335 g/mol. The van der Waals surface area contributed by atoms with Crippen molar-refractivity contribution in [3.8, 4) is 17.2 Å². The summed E-state index contributed by atoms with van der Waals surface area (Å²) in [7, 11) is 0. The Morgan fingerprint density at radius 3 is 3.06 bits per heavy atom. The molecule has 0 aliphatic carbocycles. The van der Waals surface area contributed by atoms with Gasteiger partial charge in [-0.2, -0.15) is 4.98 Å². The number of halogens is 1. The highest BCUT2D eigenvalue weighted by Gasteiger charge is 2.13. The third-order valence-corrected chi connectivity index (χ3v) is 2.76. The molecule has 0 fully saturated rings. The lowest BCUT2D eigenvalue weighted by atomic mass is 10.2. The first-order chi connectivity index (χ1) is 8.20. The Bertz CT molecular complexity index is 513. The van der Waals surface area contributed by atoms with Crippen LogP contribution in [0.3, 0.4) is 0 Å². The van der Waals surface area contributed by atoms with Gasteiger partial charge in [0.05, 0.1) is 5.56 Å². The maximum atomic E-state index is 9.71. The second kappa shape index (κ2) is 5.46. The summed E-state index contributed by atoms with van der Waals surface area (Å²) < 4.78 is 11.2. The van der Waals surface area contributed by atoms with E-state index < -0.39 is 0 Å². The maximum absolute atomic E-state index is 9.71. The third-order valence-electron chi connectivity index (χ3n) is 2.09. The van der Waals surface area contributed by atoms with Gasteiger partial charge in [-0.05, 0) is 47.7 Å². The Balaban J connectivity index is 2.27. The first-order valence-electron chi connectivity index (χ1n) is 5.10. The highest BCUT2D eigenvalue weighted by Crippen LogP contribution is 2.29. The van der Waals surface area contributed by atoms with E-state index in [0.717, 1.165) is 3.57 Å². The van der Waals surface area contributed by atoms with Crippen LogP contribution < -0.4 is 0 Å². The summed E-state index contributed by atoms with van der Waals surface area (Å²) in [5, 5.41) is 13.5. The van der Waals surface area contributed by atoms with Crippen molar-refractivity contribution in [2.24, 2.45) is 0 Å². The molecule has 1 aromatic heterocycles. The second-order valence-corrected chi connectivity index (χ2v) is 4.56. The predicted molar refractivity (Wildman–Crippen MR) is 69.4 cm³/mol. The van der Waals surface area contributed by atoms with Crippen LogP contribution in [-0.2, 0) is 11.3 Å². The van der Waals surface area contributed by atoms with E-state index in [2.05, 4.69) is 32.7 Å². The Morgan fingerprint density at radius 1 is 1.47 bits per heavy atom. The minimum Gasteiger partial charge on any atom is -0.507 e. The zero-order valence-corrected chi connectivity index (χ0v) is 11.3. The number of aromatic nitrogens is 2. The molecule has 0 atom stereocenters. The standard InChI is InChI=1S/C11H11IN2O3/c1-2-16-6-10-13-11(17-14-10)8-5-7(12)3-4-9(8)15/h3-5,15H,2,6H2,1H3. The molecule has 0 aliphatic rings. The first-order valence-corrected chi connectivity index (χ1v) is 6.17. The Kier molecular flexibility index (Phi) is 3.95. The Morgan fingerprint density at radius 2 is 2.29 bits per heavy atom. The Hall–Kier alpha value is -1.15. The van der Waals surface area contributed by atoms with Crippen molar-refractivity contribution in [2.45, 2.75) is 13.5 Å². The van der Waals surface area contributed by atoms with Crippen molar-refractivity contribution in [2.75, 3.05) is 6.61 Å². The van der Waals surface area contributed by atoms with Crippen LogP contribution in [0.4, 0.5) is 0 Å². The fourth-order valence-electron chi connectivity index (χ4n) is 1.29. The first kappa shape index (κ1) is 12.3. The molecular formula is C11H11IN2O3. The van der Waals surface area contributed by atoms with Crippen LogP contribution in [0, 0.1) is 3.57 Å². The molecule has 5 nitrogen and oxygen atoms in total. The molecule has 1 N–H and O–H groups in total. The number of hydrogen-bond donors (Lipinski definition) is 1. The number of benzene rings is 1. The molecule has 2 aromatic rings. The molecule has 17 heavy (non-hydrogen) atoms. The van der Waals surface area contributed by atoms with E-state index in [1.807, 2.05) is 6.92 Å². The molecule has 0 saturated heterocycles. The van der Waals surface area contributed by atoms with Gasteiger partial charge in [0.25, 0.3) is 5.89 Å². The lowest BCUT2D eigenvalue weighted by molar-refractivity contribution is 0.126. The molecule has 0 saturated carbocycles. The van der Waals surface area contributed by atoms with Crippen molar-refractivity contribution in [3.05, 3.63) is 27.6 Å². The third kappa shape index (κ3) is 2.95. The summed E-state index contributed by atoms with van der Waals surface area (Å²) in [5.74, 6) is 0.896. The topological polar surface area (TPSA) is 68.4 Å². The van der Waals surface area contributed by atoms with E-state index in [-0.39, 0.29) is 5.75 Å². The van der Waals surface area contributed by atoms with Gasteiger partial charge in [-0.1, -0.05) is 5.16 Å². The van der Waals surface area contributed by atoms with Gasteiger partial charge in [-0.3, -0.25) is 0 Å². The number of phenolic OH excluding ortho intramolecular Hbond substituents is 1. The summed E-state index contributed by atoms with van der Waals surface area (Å²) in [5.41, 5.74) is 0.534. The Labute approximate surface area is 112 Å². The number of nitrogens with zero attached hydrogens (tertiary/aromatic N) is 2. The van der Waals surface area contributed by atoms with Gasteiger partial charge in [-0.15, -0.1) is 0 Å². The maximum Gasteiger partial charge on any atom is 0.261 e. The SMILES string of the molecule is CCOCc1noc(-c2cc(I)ccc2O)n1. The van der Waals surface area contributed by atoms with Gasteiger partial charge < -0.3 is 14.4 Å². The van der Waals surface area contributed by atoms with E-state index in [4.69, 9.17) is 9.26 Å². The van der Waals surface area contributed by atoms with E-state index >= 15 is 0 Å². The highest BCUT2D eigenvalue weighted by molar-refractivity contribution is 14.1. The molecule has 0 aliphatic heterocycles. The largest absolute Gasteiger partial charge is 0.507 e. The quantitative estimate of drug-likeness (QED) is 0.862. The van der Waals surface area contributed by atoms with E-state index in [1.54, 1.807) is 18.2 Å². The summed E-state index contributed by atoms with van der Waals surface area (Å²) in [6.45, 7) is 2.80. The number of rotatable bonds is 4. The van der Waals surface area contributed by atoms with Crippen molar-refractivity contribution >= 4 is 22.6 Å². The van der Waals surface area contributed by atoms with Gasteiger partial charge in [0, 0.05) is 10.2 Å². The van der Waals surface area contributed by atoms with Crippen LogP contribution >= 0.6 is 22.6 Å². The minimum atomic E-state index is 0.122. The van der Waals surface area contributed by atoms with Crippen LogP contribution in [0.25, 0.3) is 11.5 Å². The predicted octanol–water partition coefficient (Wildman–Crippen LogP) is 2.58. The molecule has 0 amide bonds. The zero-order chi connectivity index (χ0) is 12.3. The molecule has 1 aromatic carbocycles. The number of ether oxygens (including phenoxy) is 1. The summed E-state index contributed by atoms with van der Waals surface area (Å²) >= 11 is 2.15. The molecule has 0 unspecified atom stereocenters. The number of hydrogen-bond acceptors (Lipinski definition) is 5.